The predicted molar refractivity (Wildman–Crippen MR) is 131 cm³/mol. The van der Waals surface area contributed by atoms with Crippen molar-refractivity contribution in [2.45, 2.75) is 38.3 Å². The first-order valence-electron chi connectivity index (χ1n) is 10.7. The van der Waals surface area contributed by atoms with E-state index in [1.165, 1.54) is 17.4 Å². The molecule has 0 bridgehead atoms. The zero-order chi connectivity index (χ0) is 23.5. The standard InChI is InChI=1S/C24H25N5O3S/c1-4-8-14(9-5-2)29-17-12-13-25-23-19(17)20(28-24(29)32)21(33-23)22(31)27-16-11-7-10-15(16)26-18(30)6-3/h4-6,8-9,12-13,15-16H,1,3,7,10-11H2,2H3,(H,26,30)(H,27,31)(H,28,32)/b9-5+,14-8+/t15-,16+/m1/s1. The normalized spacial score (nSPS) is 20.1. The van der Waals surface area contributed by atoms with Crippen LogP contribution in [0, 0.1) is 0 Å². The molecule has 3 heterocycles. The third-order valence-electron chi connectivity index (χ3n) is 5.68. The quantitative estimate of drug-likeness (QED) is 0.422. The summed E-state index contributed by atoms with van der Waals surface area (Å²) < 4.78 is 0. The molecule has 4 amide bonds. The Morgan fingerprint density at radius 2 is 2.03 bits per heavy atom. The van der Waals surface area contributed by atoms with Crippen molar-refractivity contribution in [2.75, 3.05) is 10.2 Å². The summed E-state index contributed by atoms with van der Waals surface area (Å²) in [5.41, 5.74) is 1.75. The van der Waals surface area contributed by atoms with Gasteiger partial charge in [0.2, 0.25) is 5.91 Å². The van der Waals surface area contributed by atoms with Crippen molar-refractivity contribution in [1.82, 2.24) is 15.6 Å². The fourth-order valence-electron chi connectivity index (χ4n) is 4.28. The highest BCUT2D eigenvalue weighted by Gasteiger charge is 2.35. The van der Waals surface area contributed by atoms with E-state index in [9.17, 15) is 14.4 Å². The van der Waals surface area contributed by atoms with E-state index in [4.69, 9.17) is 0 Å². The molecule has 1 aliphatic heterocycles. The van der Waals surface area contributed by atoms with Crippen LogP contribution in [0.3, 0.4) is 0 Å². The van der Waals surface area contributed by atoms with E-state index in [1.54, 1.807) is 29.3 Å². The number of hydrogen-bond acceptors (Lipinski definition) is 5. The number of amides is 4. The number of nitrogens with zero attached hydrogens (tertiary/aromatic N) is 2. The number of carbonyl (C=O) groups is 3. The summed E-state index contributed by atoms with van der Waals surface area (Å²) in [4.78, 5) is 45.1. The Bertz CT molecular complexity index is 1210. The first kappa shape index (κ1) is 22.5. The zero-order valence-electron chi connectivity index (χ0n) is 18.3. The minimum Gasteiger partial charge on any atom is -0.348 e. The zero-order valence-corrected chi connectivity index (χ0v) is 19.1. The molecule has 2 aliphatic rings. The van der Waals surface area contributed by atoms with Crippen LogP contribution in [0.2, 0.25) is 0 Å². The molecule has 0 unspecified atom stereocenters. The number of nitrogens with one attached hydrogen (secondary N) is 3. The highest BCUT2D eigenvalue weighted by molar-refractivity contribution is 7.21. The average molecular weight is 464 g/mol. The number of aromatic nitrogens is 1. The molecule has 0 spiro atoms. The molecule has 170 valence electrons. The Labute approximate surface area is 195 Å². The van der Waals surface area contributed by atoms with Crippen LogP contribution in [0.15, 0.2) is 61.5 Å². The third kappa shape index (κ3) is 4.19. The van der Waals surface area contributed by atoms with Gasteiger partial charge in [0.25, 0.3) is 5.91 Å². The Morgan fingerprint density at radius 1 is 1.27 bits per heavy atom. The van der Waals surface area contributed by atoms with Crippen molar-refractivity contribution in [3.05, 3.63) is 66.4 Å². The van der Waals surface area contributed by atoms with Crippen LogP contribution in [0.1, 0.15) is 35.9 Å². The van der Waals surface area contributed by atoms with Gasteiger partial charge in [0, 0.05) is 18.3 Å². The van der Waals surface area contributed by atoms with Gasteiger partial charge in [-0.25, -0.2) is 9.78 Å². The van der Waals surface area contributed by atoms with Crippen molar-refractivity contribution in [3.8, 4) is 0 Å². The lowest BCUT2D eigenvalue weighted by Gasteiger charge is -2.29. The fourth-order valence-corrected chi connectivity index (χ4v) is 5.30. The molecular formula is C24H25N5O3S. The van der Waals surface area contributed by atoms with Gasteiger partial charge < -0.3 is 16.0 Å². The molecule has 0 aromatic carbocycles. The predicted octanol–water partition coefficient (Wildman–Crippen LogP) is 4.25. The summed E-state index contributed by atoms with van der Waals surface area (Å²) >= 11 is 1.23. The monoisotopic (exact) mass is 463 g/mol. The molecule has 1 saturated carbocycles. The Kier molecular flexibility index (Phi) is 6.41. The van der Waals surface area contributed by atoms with Crippen LogP contribution in [0.25, 0.3) is 10.2 Å². The van der Waals surface area contributed by atoms with E-state index >= 15 is 0 Å². The molecule has 2 atom stereocenters. The first-order chi connectivity index (χ1) is 16.0. The maximum Gasteiger partial charge on any atom is 0.331 e. The van der Waals surface area contributed by atoms with Crippen molar-refractivity contribution < 1.29 is 14.4 Å². The van der Waals surface area contributed by atoms with E-state index in [1.807, 2.05) is 19.1 Å². The van der Waals surface area contributed by atoms with Gasteiger partial charge in [-0.05, 0) is 50.5 Å². The maximum absolute atomic E-state index is 13.3. The molecule has 33 heavy (non-hydrogen) atoms. The Morgan fingerprint density at radius 3 is 2.73 bits per heavy atom. The maximum atomic E-state index is 13.3. The lowest BCUT2D eigenvalue weighted by atomic mass is 10.1. The lowest BCUT2D eigenvalue weighted by molar-refractivity contribution is -0.117. The SMILES string of the molecule is C=C/C=C(\C=C\C)N1C(=O)Nc2c(C(=O)N[C@H]3CCC[C@H]3NC(=O)C=C)sc3nccc1c23. The van der Waals surface area contributed by atoms with Crippen molar-refractivity contribution in [3.63, 3.8) is 0 Å². The molecule has 4 rings (SSSR count). The second-order valence-electron chi connectivity index (χ2n) is 7.74. The number of pyridine rings is 1. The van der Waals surface area contributed by atoms with E-state index in [0.717, 1.165) is 24.6 Å². The van der Waals surface area contributed by atoms with Crippen LogP contribution < -0.4 is 20.9 Å². The van der Waals surface area contributed by atoms with Gasteiger partial charge in [-0.1, -0.05) is 25.3 Å². The molecule has 1 fully saturated rings. The second kappa shape index (κ2) is 9.41. The topological polar surface area (TPSA) is 103 Å². The minimum absolute atomic E-state index is 0.156. The average Bonchev–Trinajstić information content (AvgIpc) is 3.39. The molecule has 2 aromatic rings. The smallest absolute Gasteiger partial charge is 0.331 e. The van der Waals surface area contributed by atoms with Crippen molar-refractivity contribution in [2.24, 2.45) is 0 Å². The minimum atomic E-state index is -0.370. The summed E-state index contributed by atoms with van der Waals surface area (Å²) in [5, 5.41) is 9.52. The molecule has 8 nitrogen and oxygen atoms in total. The largest absolute Gasteiger partial charge is 0.348 e. The number of hydrogen-bond donors (Lipinski definition) is 3. The second-order valence-corrected chi connectivity index (χ2v) is 8.74. The van der Waals surface area contributed by atoms with Crippen LogP contribution in [-0.4, -0.2) is 34.9 Å². The molecular weight excluding hydrogens is 438 g/mol. The van der Waals surface area contributed by atoms with Crippen LogP contribution in [-0.2, 0) is 4.79 Å². The first-order valence-corrected chi connectivity index (χ1v) is 11.5. The summed E-state index contributed by atoms with van der Waals surface area (Å²) in [7, 11) is 0. The van der Waals surface area contributed by atoms with E-state index < -0.39 is 0 Å². The Hall–Kier alpha value is -3.72. The molecule has 9 heteroatoms. The third-order valence-corrected chi connectivity index (χ3v) is 6.78. The molecule has 3 N–H and O–H groups in total. The molecule has 1 aliphatic carbocycles. The Balaban J connectivity index is 1.69. The molecule has 2 aromatic heterocycles. The molecule has 0 saturated heterocycles. The highest BCUT2D eigenvalue weighted by atomic mass is 32.1. The number of rotatable bonds is 7. The van der Waals surface area contributed by atoms with E-state index in [0.29, 0.717) is 26.8 Å². The van der Waals surface area contributed by atoms with Gasteiger partial charge in [-0.3, -0.25) is 14.5 Å². The summed E-state index contributed by atoms with van der Waals surface area (Å²) in [6.45, 7) is 9.09. The van der Waals surface area contributed by atoms with Crippen molar-refractivity contribution in [1.29, 1.82) is 0 Å². The number of anilines is 2. The van der Waals surface area contributed by atoms with Gasteiger partial charge in [-0.2, -0.15) is 0 Å². The fraction of sp³-hybridized carbons (Fsp3) is 0.250. The van der Waals surface area contributed by atoms with Crippen LogP contribution in [0.4, 0.5) is 16.2 Å². The summed E-state index contributed by atoms with van der Waals surface area (Å²) in [6, 6.07) is 1.04. The number of thiophene rings is 1. The summed E-state index contributed by atoms with van der Waals surface area (Å²) in [5.74, 6) is -0.559. The highest BCUT2D eigenvalue weighted by Crippen LogP contribution is 2.44. The summed E-state index contributed by atoms with van der Waals surface area (Å²) in [6.07, 6.45) is 12.3. The van der Waals surface area contributed by atoms with E-state index in [2.05, 4.69) is 34.1 Å². The van der Waals surface area contributed by atoms with Crippen molar-refractivity contribution >= 4 is 50.8 Å². The van der Waals surface area contributed by atoms with Crippen LogP contribution >= 0.6 is 11.3 Å². The van der Waals surface area contributed by atoms with Gasteiger partial charge >= 0.3 is 6.03 Å². The lowest BCUT2D eigenvalue weighted by Crippen LogP contribution is -2.48. The van der Waals surface area contributed by atoms with Gasteiger partial charge in [0.1, 0.15) is 9.71 Å². The van der Waals surface area contributed by atoms with Gasteiger partial charge in [-0.15, -0.1) is 11.3 Å². The van der Waals surface area contributed by atoms with E-state index in [-0.39, 0.29) is 29.9 Å². The van der Waals surface area contributed by atoms with Gasteiger partial charge in [0.15, 0.2) is 0 Å². The molecule has 0 radical (unpaired) electrons. The number of carbonyl (C=O) groups excluding carboxylic acids is 3. The number of urea groups is 1. The van der Waals surface area contributed by atoms with Gasteiger partial charge in [0.05, 0.1) is 22.5 Å². The number of allylic oxidation sites excluding steroid dienone is 4. The van der Waals surface area contributed by atoms with Crippen LogP contribution in [0.5, 0.6) is 0 Å².